The predicted molar refractivity (Wildman–Crippen MR) is 133 cm³/mol. The van der Waals surface area contributed by atoms with Crippen LogP contribution in [0.2, 0.25) is 0 Å². The minimum absolute atomic E-state index is 0.0251. The quantitative estimate of drug-likeness (QED) is 0.626. The molecule has 1 aromatic heterocycles. The lowest BCUT2D eigenvalue weighted by Gasteiger charge is -2.41. The number of rotatable bonds is 6. The fraction of sp³-hybridized carbons (Fsp3) is 0.444. The minimum Gasteiger partial charge on any atom is -0.394 e. The molecule has 0 aliphatic carbocycles. The second kappa shape index (κ2) is 8.84. The molecule has 0 spiro atoms. The van der Waals surface area contributed by atoms with E-state index in [1.165, 1.54) is 22.0 Å². The van der Waals surface area contributed by atoms with Crippen molar-refractivity contribution >= 4 is 22.4 Å². The first kappa shape index (κ1) is 22.0. The Morgan fingerprint density at radius 3 is 2.67 bits per heavy atom. The third kappa shape index (κ3) is 4.02. The molecule has 2 aliphatic heterocycles. The second-order valence-corrected chi connectivity index (χ2v) is 10.0. The number of amides is 1. The number of carbonyl (C=O) groups is 1. The Morgan fingerprint density at radius 1 is 1.15 bits per heavy atom. The van der Waals surface area contributed by atoms with Crippen molar-refractivity contribution in [2.45, 2.75) is 39.4 Å². The predicted octanol–water partition coefficient (Wildman–Crippen LogP) is 3.76. The van der Waals surface area contributed by atoms with Gasteiger partial charge in [0.1, 0.15) is 5.69 Å². The van der Waals surface area contributed by atoms with Crippen molar-refractivity contribution in [3.63, 3.8) is 0 Å². The van der Waals surface area contributed by atoms with Gasteiger partial charge in [-0.25, -0.2) is 0 Å². The van der Waals surface area contributed by atoms with E-state index in [1.54, 1.807) is 0 Å². The van der Waals surface area contributed by atoms with Gasteiger partial charge in [-0.15, -0.1) is 0 Å². The van der Waals surface area contributed by atoms with Crippen LogP contribution in [0, 0.1) is 5.92 Å². The highest BCUT2D eigenvalue weighted by Crippen LogP contribution is 2.35. The van der Waals surface area contributed by atoms with E-state index >= 15 is 0 Å². The van der Waals surface area contributed by atoms with Crippen LogP contribution in [0.1, 0.15) is 41.9 Å². The molecule has 0 radical (unpaired) electrons. The first-order valence-electron chi connectivity index (χ1n) is 12.0. The fourth-order valence-corrected chi connectivity index (χ4v) is 5.32. The van der Waals surface area contributed by atoms with Crippen LogP contribution in [0.5, 0.6) is 0 Å². The van der Waals surface area contributed by atoms with Crippen molar-refractivity contribution in [1.82, 2.24) is 14.4 Å². The molecular weight excluding hydrogens is 412 g/mol. The molecule has 0 saturated carbocycles. The zero-order valence-corrected chi connectivity index (χ0v) is 19.9. The molecular formula is C27H34N4O2. The van der Waals surface area contributed by atoms with Gasteiger partial charge in [0.25, 0.3) is 5.91 Å². The fourth-order valence-electron chi connectivity index (χ4n) is 5.32. The SMILES string of the molecule is CC(C)CN1CN(C)Cc2c1cn(Cc1cccc3ccccc13)c2C(=O)N1CC[C@H]1CO. The maximum Gasteiger partial charge on any atom is 0.271 e. The molecule has 1 amide bonds. The highest BCUT2D eigenvalue weighted by Gasteiger charge is 2.37. The molecule has 0 bridgehead atoms. The Kier molecular flexibility index (Phi) is 5.89. The molecule has 3 aromatic rings. The Labute approximate surface area is 196 Å². The summed E-state index contributed by atoms with van der Waals surface area (Å²) in [5.74, 6) is 0.570. The second-order valence-electron chi connectivity index (χ2n) is 10.0. The van der Waals surface area contributed by atoms with Crippen molar-refractivity contribution in [2.24, 2.45) is 5.92 Å². The molecule has 1 N–H and O–H groups in total. The van der Waals surface area contributed by atoms with Crippen LogP contribution in [0.25, 0.3) is 10.8 Å². The zero-order chi connectivity index (χ0) is 23.1. The molecule has 3 heterocycles. The van der Waals surface area contributed by atoms with Crippen LogP contribution < -0.4 is 4.90 Å². The van der Waals surface area contributed by atoms with Crippen LogP contribution in [-0.4, -0.2) is 64.8 Å². The number of likely N-dealkylation sites (tertiary alicyclic amines) is 1. The molecule has 1 atom stereocenters. The number of hydrogen-bond acceptors (Lipinski definition) is 4. The average molecular weight is 447 g/mol. The van der Waals surface area contributed by atoms with Gasteiger partial charge in [-0.2, -0.15) is 0 Å². The molecule has 6 heteroatoms. The molecule has 1 fully saturated rings. The van der Waals surface area contributed by atoms with Gasteiger partial charge < -0.3 is 19.5 Å². The van der Waals surface area contributed by atoms with Crippen molar-refractivity contribution in [2.75, 3.05) is 38.3 Å². The normalized spacial score (nSPS) is 18.6. The zero-order valence-electron chi connectivity index (χ0n) is 19.9. The molecule has 6 nitrogen and oxygen atoms in total. The van der Waals surface area contributed by atoms with Crippen molar-refractivity contribution < 1.29 is 9.90 Å². The van der Waals surface area contributed by atoms with E-state index in [9.17, 15) is 9.90 Å². The number of aliphatic hydroxyl groups is 1. The molecule has 174 valence electrons. The van der Waals surface area contributed by atoms with Gasteiger partial charge in [0, 0.05) is 37.9 Å². The summed E-state index contributed by atoms with van der Waals surface area (Å²) >= 11 is 0. The van der Waals surface area contributed by atoms with Crippen LogP contribution in [-0.2, 0) is 13.1 Å². The van der Waals surface area contributed by atoms with Gasteiger partial charge in [-0.05, 0) is 35.7 Å². The third-order valence-electron chi connectivity index (χ3n) is 6.97. The number of carbonyl (C=O) groups excluding carboxylic acids is 1. The van der Waals surface area contributed by atoms with Crippen LogP contribution >= 0.6 is 0 Å². The van der Waals surface area contributed by atoms with Crippen LogP contribution in [0.4, 0.5) is 5.69 Å². The largest absolute Gasteiger partial charge is 0.394 e. The van der Waals surface area contributed by atoms with Gasteiger partial charge in [-0.1, -0.05) is 56.3 Å². The van der Waals surface area contributed by atoms with Crippen molar-refractivity contribution in [3.8, 4) is 0 Å². The summed E-state index contributed by atoms with van der Waals surface area (Å²) < 4.78 is 2.16. The average Bonchev–Trinajstić information content (AvgIpc) is 3.11. The van der Waals surface area contributed by atoms with Crippen molar-refractivity contribution in [3.05, 3.63) is 65.5 Å². The summed E-state index contributed by atoms with van der Waals surface area (Å²) in [7, 11) is 2.12. The topological polar surface area (TPSA) is 52.0 Å². The summed E-state index contributed by atoms with van der Waals surface area (Å²) in [6.07, 6.45) is 3.06. The molecule has 33 heavy (non-hydrogen) atoms. The van der Waals surface area contributed by atoms with Crippen molar-refractivity contribution in [1.29, 1.82) is 0 Å². The molecule has 5 rings (SSSR count). The lowest BCUT2D eigenvalue weighted by Crippen LogP contribution is -2.53. The molecule has 1 saturated heterocycles. The van der Waals surface area contributed by atoms with Crippen LogP contribution in [0.3, 0.4) is 0 Å². The molecule has 0 unspecified atom stereocenters. The number of benzene rings is 2. The van der Waals surface area contributed by atoms with E-state index in [0.29, 0.717) is 19.0 Å². The number of aliphatic hydroxyl groups excluding tert-OH is 1. The Balaban J connectivity index is 1.61. The van der Waals surface area contributed by atoms with Crippen LogP contribution in [0.15, 0.2) is 48.7 Å². The summed E-state index contributed by atoms with van der Waals surface area (Å²) in [4.78, 5) is 20.3. The first-order valence-corrected chi connectivity index (χ1v) is 12.0. The van der Waals surface area contributed by atoms with Gasteiger partial charge in [0.2, 0.25) is 0 Å². The van der Waals surface area contributed by atoms with E-state index in [-0.39, 0.29) is 18.6 Å². The third-order valence-corrected chi connectivity index (χ3v) is 6.97. The molecule has 2 aromatic carbocycles. The summed E-state index contributed by atoms with van der Waals surface area (Å²) in [5.41, 5.74) is 4.27. The maximum absolute atomic E-state index is 13.8. The summed E-state index contributed by atoms with van der Waals surface area (Å²) in [5, 5.41) is 12.2. The molecule has 2 aliphatic rings. The van der Waals surface area contributed by atoms with Gasteiger partial charge in [0.15, 0.2) is 0 Å². The smallest absolute Gasteiger partial charge is 0.271 e. The highest BCUT2D eigenvalue weighted by molar-refractivity contribution is 5.97. The number of fused-ring (bicyclic) bond motifs is 2. The van der Waals surface area contributed by atoms with Gasteiger partial charge in [-0.3, -0.25) is 9.69 Å². The number of anilines is 1. The number of aromatic nitrogens is 1. The lowest BCUT2D eigenvalue weighted by molar-refractivity contribution is 0.0284. The first-order chi connectivity index (χ1) is 16.0. The standard InChI is InChI=1S/C27H34N4O2/c1-19(2)13-30-18-28(3)15-24-25(30)16-29(26(24)27(33)31-12-11-22(31)17-32)14-21-9-6-8-20-7-4-5-10-23(20)21/h4-10,16,19,22,32H,11-15,17-18H2,1-3H3/t22-/m0/s1. The Hall–Kier alpha value is -2.83. The maximum atomic E-state index is 13.8. The van der Waals surface area contributed by atoms with Gasteiger partial charge >= 0.3 is 0 Å². The van der Waals surface area contributed by atoms with E-state index in [2.05, 4.69) is 83.9 Å². The van der Waals surface area contributed by atoms with E-state index in [1.807, 2.05) is 4.90 Å². The number of hydrogen-bond donors (Lipinski definition) is 1. The Morgan fingerprint density at radius 2 is 1.94 bits per heavy atom. The summed E-state index contributed by atoms with van der Waals surface area (Å²) in [6.45, 7) is 8.42. The monoisotopic (exact) mass is 446 g/mol. The summed E-state index contributed by atoms with van der Waals surface area (Å²) in [6, 6.07) is 14.8. The van der Waals surface area contributed by atoms with E-state index in [0.717, 1.165) is 37.4 Å². The highest BCUT2D eigenvalue weighted by atomic mass is 16.3. The minimum atomic E-state index is -0.0675. The lowest BCUT2D eigenvalue weighted by atomic mass is 10.0. The van der Waals surface area contributed by atoms with E-state index < -0.39 is 0 Å². The van der Waals surface area contributed by atoms with E-state index in [4.69, 9.17) is 0 Å². The Bertz CT molecular complexity index is 1160. The number of nitrogens with zero attached hydrogens (tertiary/aromatic N) is 4. The van der Waals surface area contributed by atoms with Gasteiger partial charge in [0.05, 0.1) is 25.0 Å².